The van der Waals surface area contributed by atoms with Gasteiger partial charge in [-0.05, 0) is 30.5 Å². The Morgan fingerprint density at radius 2 is 2.07 bits per heavy atom. The van der Waals surface area contributed by atoms with Gasteiger partial charge in [0.15, 0.2) is 0 Å². The summed E-state index contributed by atoms with van der Waals surface area (Å²) in [6.45, 7) is 8.45. The fraction of sp³-hybridized carbons (Fsp3) is 0.583. The third-order valence-electron chi connectivity index (χ3n) is 2.72. The lowest BCUT2D eigenvalue weighted by Gasteiger charge is -2.15. The van der Waals surface area contributed by atoms with Crippen molar-refractivity contribution in [2.75, 3.05) is 6.54 Å². The zero-order valence-electron chi connectivity index (χ0n) is 9.70. The van der Waals surface area contributed by atoms with Crippen molar-refractivity contribution in [2.24, 2.45) is 11.8 Å². The standard InChI is InChI=1S/C12H20N2O/c1-9(2)10(3)6-13-7-11-4-5-12(15)8-14-11/h4-5,8-10,13,15H,6-7H2,1-3H3. The minimum absolute atomic E-state index is 0.217. The van der Waals surface area contributed by atoms with Gasteiger partial charge in [-0.25, -0.2) is 0 Å². The minimum atomic E-state index is 0.217. The predicted molar refractivity (Wildman–Crippen MR) is 61.6 cm³/mol. The fourth-order valence-electron chi connectivity index (χ4n) is 1.18. The van der Waals surface area contributed by atoms with Crippen LogP contribution in [0.1, 0.15) is 26.5 Å². The molecule has 1 heterocycles. The topological polar surface area (TPSA) is 45.1 Å². The van der Waals surface area contributed by atoms with Crippen molar-refractivity contribution in [3.05, 3.63) is 24.0 Å². The molecule has 0 aromatic carbocycles. The second kappa shape index (κ2) is 5.71. The van der Waals surface area contributed by atoms with E-state index in [4.69, 9.17) is 5.11 Å². The van der Waals surface area contributed by atoms with Crippen LogP contribution in [0.15, 0.2) is 18.3 Å². The Kier molecular flexibility index (Phi) is 4.56. The summed E-state index contributed by atoms with van der Waals surface area (Å²) in [5, 5.41) is 12.4. The first-order valence-corrected chi connectivity index (χ1v) is 5.44. The van der Waals surface area contributed by atoms with Gasteiger partial charge in [0, 0.05) is 6.54 Å². The van der Waals surface area contributed by atoms with Crippen LogP contribution >= 0.6 is 0 Å². The van der Waals surface area contributed by atoms with E-state index in [-0.39, 0.29) is 5.75 Å². The molecule has 1 rings (SSSR count). The number of aromatic nitrogens is 1. The summed E-state index contributed by atoms with van der Waals surface area (Å²) in [4.78, 5) is 4.11. The van der Waals surface area contributed by atoms with Crippen LogP contribution in [-0.4, -0.2) is 16.6 Å². The third kappa shape index (κ3) is 4.30. The van der Waals surface area contributed by atoms with Crippen molar-refractivity contribution in [1.29, 1.82) is 0 Å². The summed E-state index contributed by atoms with van der Waals surface area (Å²) in [5.41, 5.74) is 0.962. The number of pyridine rings is 1. The lowest BCUT2D eigenvalue weighted by atomic mass is 9.98. The average Bonchev–Trinajstić information content (AvgIpc) is 2.20. The summed E-state index contributed by atoms with van der Waals surface area (Å²) >= 11 is 0. The van der Waals surface area contributed by atoms with Crippen LogP contribution in [0.25, 0.3) is 0 Å². The monoisotopic (exact) mass is 208 g/mol. The average molecular weight is 208 g/mol. The Labute approximate surface area is 91.5 Å². The second-order valence-corrected chi connectivity index (χ2v) is 4.36. The van der Waals surface area contributed by atoms with E-state index in [2.05, 4.69) is 31.1 Å². The highest BCUT2D eigenvalue weighted by molar-refractivity contribution is 5.17. The van der Waals surface area contributed by atoms with Gasteiger partial charge in [0.25, 0.3) is 0 Å². The van der Waals surface area contributed by atoms with Crippen molar-refractivity contribution < 1.29 is 5.11 Å². The molecule has 15 heavy (non-hydrogen) atoms. The van der Waals surface area contributed by atoms with Gasteiger partial charge in [-0.15, -0.1) is 0 Å². The lowest BCUT2D eigenvalue weighted by molar-refractivity contribution is 0.391. The molecular formula is C12H20N2O. The van der Waals surface area contributed by atoms with Crippen LogP contribution in [0.3, 0.4) is 0 Å². The molecule has 0 aliphatic rings. The minimum Gasteiger partial charge on any atom is -0.506 e. The van der Waals surface area contributed by atoms with E-state index >= 15 is 0 Å². The quantitative estimate of drug-likeness (QED) is 0.779. The Morgan fingerprint density at radius 1 is 1.33 bits per heavy atom. The van der Waals surface area contributed by atoms with Crippen molar-refractivity contribution in [3.63, 3.8) is 0 Å². The zero-order chi connectivity index (χ0) is 11.3. The number of hydrogen-bond acceptors (Lipinski definition) is 3. The van der Waals surface area contributed by atoms with Gasteiger partial charge in [0.2, 0.25) is 0 Å². The lowest BCUT2D eigenvalue weighted by Crippen LogP contribution is -2.24. The van der Waals surface area contributed by atoms with Crippen LogP contribution in [0.2, 0.25) is 0 Å². The van der Waals surface area contributed by atoms with E-state index in [1.165, 1.54) is 6.20 Å². The Morgan fingerprint density at radius 3 is 2.60 bits per heavy atom. The number of nitrogens with zero attached hydrogens (tertiary/aromatic N) is 1. The molecule has 2 N–H and O–H groups in total. The molecular weight excluding hydrogens is 188 g/mol. The van der Waals surface area contributed by atoms with E-state index in [1.54, 1.807) is 6.07 Å². The van der Waals surface area contributed by atoms with Gasteiger partial charge in [0.05, 0.1) is 11.9 Å². The summed E-state index contributed by atoms with van der Waals surface area (Å²) in [6, 6.07) is 3.50. The first kappa shape index (κ1) is 12.0. The highest BCUT2D eigenvalue weighted by Crippen LogP contribution is 2.08. The van der Waals surface area contributed by atoms with Gasteiger partial charge in [0.1, 0.15) is 5.75 Å². The van der Waals surface area contributed by atoms with Crippen LogP contribution in [0, 0.1) is 11.8 Å². The van der Waals surface area contributed by atoms with E-state index < -0.39 is 0 Å². The van der Waals surface area contributed by atoms with Crippen molar-refractivity contribution in [3.8, 4) is 5.75 Å². The maximum absolute atomic E-state index is 9.06. The normalized spacial score (nSPS) is 13.1. The number of aromatic hydroxyl groups is 1. The summed E-state index contributed by atoms with van der Waals surface area (Å²) in [6.07, 6.45) is 1.48. The van der Waals surface area contributed by atoms with Gasteiger partial charge in [-0.2, -0.15) is 0 Å². The maximum atomic E-state index is 9.06. The summed E-state index contributed by atoms with van der Waals surface area (Å²) < 4.78 is 0. The Hall–Kier alpha value is -1.09. The molecule has 0 aliphatic heterocycles. The smallest absolute Gasteiger partial charge is 0.133 e. The predicted octanol–water partition coefficient (Wildman–Crippen LogP) is 2.17. The molecule has 0 aliphatic carbocycles. The van der Waals surface area contributed by atoms with E-state index in [1.807, 2.05) is 6.07 Å². The highest BCUT2D eigenvalue weighted by Gasteiger charge is 2.05. The van der Waals surface area contributed by atoms with Crippen molar-refractivity contribution >= 4 is 0 Å². The molecule has 1 atom stereocenters. The number of rotatable bonds is 5. The van der Waals surface area contributed by atoms with Gasteiger partial charge < -0.3 is 10.4 Å². The second-order valence-electron chi connectivity index (χ2n) is 4.36. The summed E-state index contributed by atoms with van der Waals surface area (Å²) in [7, 11) is 0. The fourth-order valence-corrected chi connectivity index (χ4v) is 1.18. The SMILES string of the molecule is CC(C)C(C)CNCc1ccc(O)cn1. The molecule has 0 saturated heterocycles. The molecule has 0 fully saturated rings. The third-order valence-corrected chi connectivity index (χ3v) is 2.72. The van der Waals surface area contributed by atoms with Gasteiger partial charge in [-0.1, -0.05) is 20.8 Å². The molecule has 0 radical (unpaired) electrons. The molecule has 1 aromatic heterocycles. The van der Waals surface area contributed by atoms with Crippen molar-refractivity contribution in [1.82, 2.24) is 10.3 Å². The van der Waals surface area contributed by atoms with E-state index in [9.17, 15) is 0 Å². The molecule has 0 bridgehead atoms. The molecule has 1 aromatic rings. The molecule has 3 nitrogen and oxygen atoms in total. The molecule has 0 spiro atoms. The van der Waals surface area contributed by atoms with Crippen molar-refractivity contribution in [2.45, 2.75) is 27.3 Å². The van der Waals surface area contributed by atoms with E-state index in [0.717, 1.165) is 18.8 Å². The molecule has 84 valence electrons. The molecule has 1 unspecified atom stereocenters. The van der Waals surface area contributed by atoms with Crippen LogP contribution in [-0.2, 0) is 6.54 Å². The molecule has 0 saturated carbocycles. The first-order valence-electron chi connectivity index (χ1n) is 5.44. The van der Waals surface area contributed by atoms with Crippen LogP contribution in [0.5, 0.6) is 5.75 Å². The molecule has 3 heteroatoms. The maximum Gasteiger partial charge on any atom is 0.133 e. The number of nitrogens with one attached hydrogen (secondary N) is 1. The number of hydrogen-bond donors (Lipinski definition) is 2. The summed E-state index contributed by atoms with van der Waals surface area (Å²) in [5.74, 6) is 1.58. The van der Waals surface area contributed by atoms with Gasteiger partial charge in [-0.3, -0.25) is 4.98 Å². The Bertz CT molecular complexity index is 282. The van der Waals surface area contributed by atoms with E-state index in [0.29, 0.717) is 11.8 Å². The first-order chi connectivity index (χ1) is 7.09. The molecule has 0 amide bonds. The van der Waals surface area contributed by atoms with Crippen LogP contribution in [0.4, 0.5) is 0 Å². The zero-order valence-corrected chi connectivity index (χ0v) is 9.70. The van der Waals surface area contributed by atoms with Gasteiger partial charge >= 0.3 is 0 Å². The highest BCUT2D eigenvalue weighted by atomic mass is 16.3. The largest absolute Gasteiger partial charge is 0.506 e. The Balaban J connectivity index is 2.29. The van der Waals surface area contributed by atoms with Crippen LogP contribution < -0.4 is 5.32 Å².